The molecule has 1 amide bonds. The Labute approximate surface area is 176 Å². The minimum atomic E-state index is 0.441. The van der Waals surface area contributed by atoms with Crippen LogP contribution in [0.4, 0.5) is 17.3 Å². The van der Waals surface area contributed by atoms with Crippen molar-refractivity contribution in [1.82, 2.24) is 15.0 Å². The molecule has 1 aliphatic heterocycles. The molecular formula is C23H26N6O. The molecule has 154 valence electrons. The van der Waals surface area contributed by atoms with E-state index in [2.05, 4.69) is 20.2 Å². The van der Waals surface area contributed by atoms with Gasteiger partial charge in [0.1, 0.15) is 5.82 Å². The zero-order chi connectivity index (χ0) is 20.6. The largest absolute Gasteiger partial charge is 0.368 e. The Bertz CT molecular complexity index is 944. The lowest BCUT2D eigenvalue weighted by Gasteiger charge is -2.24. The van der Waals surface area contributed by atoms with Crippen LogP contribution in [0, 0.1) is 0 Å². The van der Waals surface area contributed by atoms with Crippen LogP contribution in [0.1, 0.15) is 24.1 Å². The van der Waals surface area contributed by atoms with E-state index in [9.17, 15) is 4.79 Å². The van der Waals surface area contributed by atoms with Crippen LogP contribution in [0.15, 0.2) is 61.1 Å². The molecule has 4 rings (SSSR count). The quantitative estimate of drug-likeness (QED) is 0.554. The molecule has 0 spiro atoms. The second-order valence-electron chi connectivity index (χ2n) is 7.32. The first-order valence-electron chi connectivity index (χ1n) is 10.3. The Morgan fingerprint density at radius 1 is 1.07 bits per heavy atom. The average Bonchev–Trinajstić information content (AvgIpc) is 3.34. The van der Waals surface area contributed by atoms with Crippen LogP contribution in [-0.2, 0) is 17.8 Å². The minimum Gasteiger partial charge on any atom is -0.368 e. The van der Waals surface area contributed by atoms with Crippen LogP contribution in [0.2, 0.25) is 0 Å². The average molecular weight is 403 g/mol. The van der Waals surface area contributed by atoms with Crippen molar-refractivity contribution in [2.75, 3.05) is 34.8 Å². The van der Waals surface area contributed by atoms with Crippen molar-refractivity contribution in [2.45, 2.75) is 25.8 Å². The first-order valence-corrected chi connectivity index (χ1v) is 10.3. The predicted octanol–water partition coefficient (Wildman–Crippen LogP) is 3.29. The fraction of sp³-hybridized carbons (Fsp3) is 0.304. The van der Waals surface area contributed by atoms with Crippen molar-refractivity contribution in [3.63, 3.8) is 0 Å². The van der Waals surface area contributed by atoms with Crippen LogP contribution >= 0.6 is 0 Å². The summed E-state index contributed by atoms with van der Waals surface area (Å²) in [7, 11) is 0. The molecule has 0 atom stereocenters. The molecule has 3 aromatic rings. The third-order valence-corrected chi connectivity index (χ3v) is 5.20. The lowest BCUT2D eigenvalue weighted by atomic mass is 10.2. The molecule has 7 nitrogen and oxygen atoms in total. The molecule has 0 aliphatic carbocycles. The summed E-state index contributed by atoms with van der Waals surface area (Å²) < 4.78 is 0. The van der Waals surface area contributed by atoms with Crippen LogP contribution in [0.3, 0.4) is 0 Å². The van der Waals surface area contributed by atoms with Gasteiger partial charge in [-0.1, -0.05) is 12.1 Å². The van der Waals surface area contributed by atoms with Crippen LogP contribution in [0.5, 0.6) is 0 Å². The fourth-order valence-corrected chi connectivity index (χ4v) is 3.65. The standard InChI is InChI=1S/C23H26N6O/c30-18-29(17-19-6-5-11-24-16-19)21-8-9-22(28-14-3-4-15-28)27-23(21)26-13-10-20-7-1-2-12-25-20/h1-2,5-9,11-12,16,18H,3-4,10,13-15,17H2,(H,26,27). The molecule has 3 aromatic heterocycles. The van der Waals surface area contributed by atoms with Crippen LogP contribution < -0.4 is 15.1 Å². The highest BCUT2D eigenvalue weighted by molar-refractivity contribution is 5.82. The Balaban J connectivity index is 1.56. The number of amides is 1. The number of nitrogens with zero attached hydrogens (tertiary/aromatic N) is 5. The second-order valence-corrected chi connectivity index (χ2v) is 7.32. The predicted molar refractivity (Wildman–Crippen MR) is 119 cm³/mol. The number of carbonyl (C=O) groups is 1. The van der Waals surface area contributed by atoms with Gasteiger partial charge in [0.05, 0.1) is 12.2 Å². The van der Waals surface area contributed by atoms with Gasteiger partial charge in [-0.15, -0.1) is 0 Å². The number of hydrogen-bond acceptors (Lipinski definition) is 6. The first-order chi connectivity index (χ1) is 14.8. The van der Waals surface area contributed by atoms with E-state index in [1.54, 1.807) is 23.5 Å². The molecule has 1 saturated heterocycles. The number of pyridine rings is 3. The molecule has 30 heavy (non-hydrogen) atoms. The summed E-state index contributed by atoms with van der Waals surface area (Å²) >= 11 is 0. The van der Waals surface area contributed by atoms with Crippen molar-refractivity contribution in [2.24, 2.45) is 0 Å². The van der Waals surface area contributed by atoms with E-state index in [1.807, 2.05) is 42.5 Å². The lowest BCUT2D eigenvalue weighted by molar-refractivity contribution is -0.107. The minimum absolute atomic E-state index is 0.441. The monoisotopic (exact) mass is 402 g/mol. The number of anilines is 3. The summed E-state index contributed by atoms with van der Waals surface area (Å²) in [6.07, 6.45) is 9.31. The molecule has 1 fully saturated rings. The van der Waals surface area contributed by atoms with E-state index >= 15 is 0 Å². The van der Waals surface area contributed by atoms with E-state index in [4.69, 9.17) is 4.98 Å². The maximum absolute atomic E-state index is 11.9. The Morgan fingerprint density at radius 2 is 1.97 bits per heavy atom. The zero-order valence-electron chi connectivity index (χ0n) is 16.9. The molecule has 1 aliphatic rings. The van der Waals surface area contributed by atoms with Crippen molar-refractivity contribution in [1.29, 1.82) is 0 Å². The summed E-state index contributed by atoms with van der Waals surface area (Å²) in [5.74, 6) is 1.66. The summed E-state index contributed by atoms with van der Waals surface area (Å²) in [4.78, 5) is 29.3. The summed E-state index contributed by atoms with van der Waals surface area (Å²) in [5, 5.41) is 3.43. The molecule has 0 radical (unpaired) electrons. The van der Waals surface area contributed by atoms with Crippen molar-refractivity contribution in [3.05, 3.63) is 72.3 Å². The highest BCUT2D eigenvalue weighted by Crippen LogP contribution is 2.29. The molecule has 0 aromatic carbocycles. The number of carbonyl (C=O) groups excluding carboxylic acids is 1. The van der Waals surface area contributed by atoms with Crippen LogP contribution in [0.25, 0.3) is 0 Å². The summed E-state index contributed by atoms with van der Waals surface area (Å²) in [6, 6.07) is 13.7. The van der Waals surface area contributed by atoms with Gasteiger partial charge in [0.25, 0.3) is 0 Å². The van der Waals surface area contributed by atoms with Gasteiger partial charge < -0.3 is 15.1 Å². The van der Waals surface area contributed by atoms with Gasteiger partial charge in [0.15, 0.2) is 5.82 Å². The van der Waals surface area contributed by atoms with Gasteiger partial charge in [-0.05, 0) is 48.7 Å². The highest BCUT2D eigenvalue weighted by Gasteiger charge is 2.18. The molecule has 1 N–H and O–H groups in total. The highest BCUT2D eigenvalue weighted by atomic mass is 16.1. The number of rotatable bonds is 9. The Morgan fingerprint density at radius 3 is 2.70 bits per heavy atom. The van der Waals surface area contributed by atoms with Gasteiger partial charge >= 0.3 is 0 Å². The van der Waals surface area contributed by atoms with E-state index in [1.165, 1.54) is 12.8 Å². The number of hydrogen-bond donors (Lipinski definition) is 1. The normalized spacial score (nSPS) is 13.3. The van der Waals surface area contributed by atoms with E-state index in [-0.39, 0.29) is 0 Å². The molecule has 0 bridgehead atoms. The Kier molecular flexibility index (Phi) is 6.49. The third-order valence-electron chi connectivity index (χ3n) is 5.20. The topological polar surface area (TPSA) is 74.2 Å². The second kappa shape index (κ2) is 9.82. The number of nitrogens with one attached hydrogen (secondary N) is 1. The van der Waals surface area contributed by atoms with Gasteiger partial charge in [-0.3, -0.25) is 14.8 Å². The van der Waals surface area contributed by atoms with Crippen molar-refractivity contribution in [3.8, 4) is 0 Å². The van der Waals surface area contributed by atoms with Gasteiger partial charge in [-0.2, -0.15) is 0 Å². The van der Waals surface area contributed by atoms with E-state index in [0.29, 0.717) is 18.9 Å². The molecule has 4 heterocycles. The van der Waals surface area contributed by atoms with Gasteiger partial charge in [0, 0.05) is 50.3 Å². The maximum Gasteiger partial charge on any atom is 0.214 e. The molecule has 0 saturated carbocycles. The number of aromatic nitrogens is 3. The third kappa shape index (κ3) is 4.92. The molecule has 7 heteroatoms. The molecular weight excluding hydrogens is 376 g/mol. The maximum atomic E-state index is 11.9. The Hall–Kier alpha value is -3.48. The van der Waals surface area contributed by atoms with Gasteiger partial charge in [0.2, 0.25) is 6.41 Å². The smallest absolute Gasteiger partial charge is 0.214 e. The zero-order valence-corrected chi connectivity index (χ0v) is 16.9. The molecule has 0 unspecified atom stereocenters. The summed E-state index contributed by atoms with van der Waals surface area (Å²) in [5.41, 5.74) is 2.75. The van der Waals surface area contributed by atoms with E-state index < -0.39 is 0 Å². The van der Waals surface area contributed by atoms with Crippen molar-refractivity contribution >= 4 is 23.7 Å². The lowest BCUT2D eigenvalue weighted by Crippen LogP contribution is -2.24. The first kappa shape index (κ1) is 19.8. The van der Waals surface area contributed by atoms with Crippen molar-refractivity contribution < 1.29 is 4.79 Å². The fourth-order valence-electron chi connectivity index (χ4n) is 3.65. The summed E-state index contributed by atoms with van der Waals surface area (Å²) in [6.45, 7) is 3.16. The SMILES string of the molecule is O=CN(Cc1cccnc1)c1ccc(N2CCCC2)nc1NCCc1ccccn1. The van der Waals surface area contributed by atoms with Gasteiger partial charge in [-0.25, -0.2) is 4.98 Å². The van der Waals surface area contributed by atoms with Crippen LogP contribution in [-0.4, -0.2) is 41.0 Å². The van der Waals surface area contributed by atoms with E-state index in [0.717, 1.165) is 48.7 Å².